The van der Waals surface area contributed by atoms with Crippen LogP contribution in [-0.4, -0.2) is 12.8 Å². The number of allylic oxidation sites excluding steroid dienone is 2. The van der Waals surface area contributed by atoms with Gasteiger partial charge in [0, 0.05) is 11.3 Å². The average Bonchev–Trinajstić information content (AvgIpc) is 2.88. The lowest BCUT2D eigenvalue weighted by Gasteiger charge is -2.11. The molecule has 0 unspecified atom stereocenters. The van der Waals surface area contributed by atoms with Crippen LogP contribution in [0.15, 0.2) is 71.7 Å². The van der Waals surface area contributed by atoms with Gasteiger partial charge >= 0.3 is 0 Å². The molecule has 0 spiro atoms. The average molecular weight is 465 g/mol. The summed E-state index contributed by atoms with van der Waals surface area (Å²) in [7, 11) is 1.50. The number of nitrogens with two attached hydrogens (primary N) is 1. The Hall–Kier alpha value is -2.45. The molecule has 0 fully saturated rings. The minimum atomic E-state index is 1.06. The summed E-state index contributed by atoms with van der Waals surface area (Å²) in [5, 5.41) is 0. The van der Waals surface area contributed by atoms with E-state index in [9.17, 15) is 0 Å². The van der Waals surface area contributed by atoms with Crippen LogP contribution in [0.4, 0.5) is 0 Å². The Bertz CT molecular complexity index is 812. The fraction of sp³-hybridized carbons (Fsp3) is 0.469. The van der Waals surface area contributed by atoms with Crippen molar-refractivity contribution >= 4 is 17.0 Å². The number of benzene rings is 2. The molecule has 0 aromatic heterocycles. The van der Waals surface area contributed by atoms with Crippen LogP contribution in [0, 0.1) is 6.92 Å². The summed E-state index contributed by atoms with van der Waals surface area (Å²) in [6.45, 7) is 20.6. The predicted molar refractivity (Wildman–Crippen MR) is 159 cm³/mol. The maximum absolute atomic E-state index is 5.07. The normalized spacial score (nSPS) is 10.9. The summed E-state index contributed by atoms with van der Waals surface area (Å²) >= 11 is 0. The zero-order valence-corrected chi connectivity index (χ0v) is 23.7. The first-order chi connectivity index (χ1) is 16.5. The third-order valence-corrected chi connectivity index (χ3v) is 5.08. The first kappa shape index (κ1) is 33.7. The molecule has 2 heteroatoms. The van der Waals surface area contributed by atoms with E-state index in [1.54, 1.807) is 0 Å². The third kappa shape index (κ3) is 14.6. The molecule has 0 bridgehead atoms. The molecule has 0 radical (unpaired) electrons. The number of hydrogen-bond acceptors (Lipinski definition) is 2. The molecule has 0 aliphatic heterocycles. The lowest BCUT2D eigenvalue weighted by molar-refractivity contribution is 0.650. The van der Waals surface area contributed by atoms with E-state index >= 15 is 0 Å². The highest BCUT2D eigenvalue weighted by Gasteiger charge is 2.08. The molecule has 2 aromatic rings. The summed E-state index contributed by atoms with van der Waals surface area (Å²) in [5.74, 6) is 0. The minimum absolute atomic E-state index is 1.06. The monoisotopic (exact) mass is 464 g/mol. The number of nitrogens with zero attached hydrogens (tertiary/aromatic N) is 1. The molecule has 2 nitrogen and oxygen atoms in total. The molecule has 0 heterocycles. The standard InChI is InChI=1S/C27H35N.2C2H6.CH5N/c1-21(2)13-9-6-7-10-14-23(4)28-27(26-15-11-8-12-16-26)24(5)25-19-17-22(3)18-20-25;3*1-2/h8,11-12,15-20H,1,6-7,9-10,13-14H2,2-5H3;2*1-2H3;2H2,1H3/b27-24+,28-23?;;;. The lowest BCUT2D eigenvalue weighted by Crippen LogP contribution is -1.96. The van der Waals surface area contributed by atoms with Crippen LogP contribution in [0.1, 0.15) is 104 Å². The van der Waals surface area contributed by atoms with Gasteiger partial charge in [-0.1, -0.05) is 106 Å². The van der Waals surface area contributed by atoms with Gasteiger partial charge in [-0.2, -0.15) is 0 Å². The Balaban J connectivity index is 0. The first-order valence-corrected chi connectivity index (χ1v) is 13.1. The summed E-state index contributed by atoms with van der Waals surface area (Å²) in [5.41, 5.74) is 13.0. The van der Waals surface area contributed by atoms with Crippen LogP contribution in [0.2, 0.25) is 0 Å². The molecule has 0 atom stereocenters. The molecule has 0 aliphatic carbocycles. The third-order valence-electron chi connectivity index (χ3n) is 5.08. The Kier molecular flexibility index (Phi) is 22.2. The highest BCUT2D eigenvalue weighted by molar-refractivity contribution is 5.96. The Morgan fingerprint density at radius 3 is 1.71 bits per heavy atom. The highest BCUT2D eigenvalue weighted by Crippen LogP contribution is 2.28. The van der Waals surface area contributed by atoms with Crippen molar-refractivity contribution < 1.29 is 0 Å². The van der Waals surface area contributed by atoms with E-state index in [1.807, 2.05) is 27.7 Å². The SMILES string of the molecule is C=C(C)CCCCCCC(C)=N/C(=C(\C)c1ccc(C)cc1)c1ccccc1.CC.CC.CN. The maximum atomic E-state index is 5.07. The summed E-state index contributed by atoms with van der Waals surface area (Å²) in [6.07, 6.45) is 7.23. The highest BCUT2D eigenvalue weighted by atomic mass is 14.8. The topological polar surface area (TPSA) is 38.4 Å². The molecule has 0 saturated heterocycles. The molecule has 2 rings (SSSR count). The van der Waals surface area contributed by atoms with Crippen molar-refractivity contribution in [3.8, 4) is 0 Å². The number of aryl methyl sites for hydroxylation is 1. The van der Waals surface area contributed by atoms with Gasteiger partial charge in [0.05, 0.1) is 5.70 Å². The molecular weight excluding hydrogens is 412 g/mol. The summed E-state index contributed by atoms with van der Waals surface area (Å²) in [6, 6.07) is 19.3. The van der Waals surface area contributed by atoms with Gasteiger partial charge in [-0.3, -0.25) is 4.99 Å². The predicted octanol–water partition coefficient (Wildman–Crippen LogP) is 9.89. The van der Waals surface area contributed by atoms with Crippen LogP contribution < -0.4 is 5.73 Å². The van der Waals surface area contributed by atoms with E-state index in [1.165, 1.54) is 66.3 Å². The minimum Gasteiger partial charge on any atom is -0.333 e. The van der Waals surface area contributed by atoms with Crippen molar-refractivity contribution in [2.24, 2.45) is 10.7 Å². The second-order valence-corrected chi connectivity index (χ2v) is 7.92. The van der Waals surface area contributed by atoms with Gasteiger partial charge in [0.25, 0.3) is 0 Å². The van der Waals surface area contributed by atoms with E-state index in [0.717, 1.165) is 18.5 Å². The second-order valence-electron chi connectivity index (χ2n) is 7.92. The van der Waals surface area contributed by atoms with Gasteiger partial charge < -0.3 is 5.73 Å². The summed E-state index contributed by atoms with van der Waals surface area (Å²) in [4.78, 5) is 5.07. The van der Waals surface area contributed by atoms with Crippen molar-refractivity contribution in [2.75, 3.05) is 7.05 Å². The van der Waals surface area contributed by atoms with Crippen LogP contribution >= 0.6 is 0 Å². The molecular formula is C32H52N2. The second kappa shape index (κ2) is 22.3. The lowest BCUT2D eigenvalue weighted by atomic mass is 10.00. The van der Waals surface area contributed by atoms with Crippen LogP contribution in [0.5, 0.6) is 0 Å². The van der Waals surface area contributed by atoms with Crippen molar-refractivity contribution in [3.63, 3.8) is 0 Å². The van der Waals surface area contributed by atoms with Crippen molar-refractivity contribution in [1.29, 1.82) is 0 Å². The Morgan fingerprint density at radius 1 is 0.706 bits per heavy atom. The van der Waals surface area contributed by atoms with E-state index in [4.69, 9.17) is 4.99 Å². The Labute approximate surface area is 212 Å². The van der Waals surface area contributed by atoms with Crippen molar-refractivity contribution in [3.05, 3.63) is 83.4 Å². The smallest absolute Gasteiger partial charge is 0.0736 e. The number of hydrogen-bond donors (Lipinski definition) is 1. The zero-order chi connectivity index (χ0) is 26.4. The Morgan fingerprint density at radius 2 is 1.21 bits per heavy atom. The molecule has 0 amide bonds. The van der Waals surface area contributed by atoms with Crippen molar-refractivity contribution in [2.45, 2.75) is 93.9 Å². The van der Waals surface area contributed by atoms with Gasteiger partial charge in [-0.25, -0.2) is 0 Å². The van der Waals surface area contributed by atoms with Gasteiger partial charge in [0.15, 0.2) is 0 Å². The van der Waals surface area contributed by atoms with Crippen LogP contribution in [-0.2, 0) is 0 Å². The number of rotatable bonds is 10. The molecule has 190 valence electrons. The molecule has 34 heavy (non-hydrogen) atoms. The molecule has 0 saturated carbocycles. The van der Waals surface area contributed by atoms with Gasteiger partial charge in [0.2, 0.25) is 0 Å². The van der Waals surface area contributed by atoms with E-state index in [-0.39, 0.29) is 0 Å². The first-order valence-electron chi connectivity index (χ1n) is 13.1. The van der Waals surface area contributed by atoms with Gasteiger partial charge in [-0.15, -0.1) is 6.58 Å². The van der Waals surface area contributed by atoms with Crippen LogP contribution in [0.25, 0.3) is 11.3 Å². The van der Waals surface area contributed by atoms with Crippen molar-refractivity contribution in [1.82, 2.24) is 0 Å². The largest absolute Gasteiger partial charge is 0.333 e. The fourth-order valence-electron chi connectivity index (χ4n) is 3.31. The van der Waals surface area contributed by atoms with E-state index in [2.05, 4.69) is 94.6 Å². The fourth-order valence-corrected chi connectivity index (χ4v) is 3.31. The number of aliphatic imine (C=N–C) groups is 1. The summed E-state index contributed by atoms with van der Waals surface area (Å²) < 4.78 is 0. The van der Waals surface area contributed by atoms with E-state index in [0.29, 0.717) is 0 Å². The van der Waals surface area contributed by atoms with Gasteiger partial charge in [-0.05, 0) is 71.6 Å². The van der Waals surface area contributed by atoms with Crippen LogP contribution in [0.3, 0.4) is 0 Å². The molecule has 0 aliphatic rings. The van der Waals surface area contributed by atoms with Gasteiger partial charge in [0.1, 0.15) is 0 Å². The van der Waals surface area contributed by atoms with E-state index < -0.39 is 0 Å². The quantitative estimate of drug-likeness (QED) is 0.161. The zero-order valence-electron chi connectivity index (χ0n) is 23.7. The molecule has 2 N–H and O–H groups in total. The molecule has 2 aromatic carbocycles. The maximum Gasteiger partial charge on any atom is 0.0736 e. The number of unbranched alkanes of at least 4 members (excludes halogenated alkanes) is 3.